The quantitative estimate of drug-likeness (QED) is 0.855. The molecule has 0 spiro atoms. The number of hydrogen-bond donors (Lipinski definition) is 1. The van der Waals surface area contributed by atoms with Gasteiger partial charge in [-0.15, -0.1) is 0 Å². The average Bonchev–Trinajstić information content (AvgIpc) is 3.16. The van der Waals surface area contributed by atoms with Gasteiger partial charge in [0, 0.05) is 18.2 Å². The molecule has 3 rings (SSSR count). The maximum absolute atomic E-state index is 11.8. The van der Waals surface area contributed by atoms with Crippen LogP contribution in [-0.2, 0) is 22.9 Å². The van der Waals surface area contributed by atoms with Crippen LogP contribution < -0.4 is 5.73 Å². The van der Waals surface area contributed by atoms with Crippen LogP contribution in [0.2, 0.25) is 0 Å². The van der Waals surface area contributed by atoms with E-state index in [0.717, 1.165) is 11.3 Å². The van der Waals surface area contributed by atoms with E-state index < -0.39 is 15.7 Å². The summed E-state index contributed by atoms with van der Waals surface area (Å²) in [6.07, 6.45) is 2.24. The molecule has 7 heteroatoms. The second-order valence-electron chi connectivity index (χ2n) is 6.10. The van der Waals surface area contributed by atoms with Crippen molar-refractivity contribution in [2.75, 3.05) is 11.5 Å². The van der Waals surface area contributed by atoms with Crippen molar-refractivity contribution >= 4 is 15.7 Å². The van der Waals surface area contributed by atoms with Crippen molar-refractivity contribution in [1.82, 2.24) is 4.90 Å². The number of nitrogens with two attached hydrogens (primary N) is 1. The molecule has 1 aliphatic heterocycles. The van der Waals surface area contributed by atoms with Crippen LogP contribution in [0.3, 0.4) is 0 Å². The Bertz CT molecular complexity index is 798. The van der Waals surface area contributed by atoms with E-state index in [1.165, 1.54) is 0 Å². The highest BCUT2D eigenvalue weighted by atomic mass is 32.2. The number of nitrogens with zero attached hydrogens (tertiary/aromatic N) is 1. The Balaban J connectivity index is 1.77. The van der Waals surface area contributed by atoms with E-state index in [9.17, 15) is 13.2 Å². The lowest BCUT2D eigenvalue weighted by Gasteiger charge is -2.27. The molecule has 2 N–H and O–H groups in total. The maximum Gasteiger partial charge on any atom is 0.248 e. The van der Waals surface area contributed by atoms with E-state index in [4.69, 9.17) is 10.2 Å². The van der Waals surface area contributed by atoms with Gasteiger partial charge in [0.15, 0.2) is 9.84 Å². The molecule has 1 amide bonds. The van der Waals surface area contributed by atoms with Gasteiger partial charge in [0.1, 0.15) is 5.76 Å². The molecule has 0 aliphatic carbocycles. The van der Waals surface area contributed by atoms with Crippen molar-refractivity contribution < 1.29 is 17.6 Å². The van der Waals surface area contributed by atoms with Crippen LogP contribution in [0.4, 0.5) is 0 Å². The van der Waals surface area contributed by atoms with Gasteiger partial charge in [0.25, 0.3) is 0 Å². The van der Waals surface area contributed by atoms with Gasteiger partial charge in [-0.3, -0.25) is 9.69 Å². The Hall–Kier alpha value is -2.12. The molecule has 2 heterocycles. The topological polar surface area (TPSA) is 93.6 Å². The Morgan fingerprint density at radius 2 is 1.96 bits per heavy atom. The van der Waals surface area contributed by atoms with Gasteiger partial charge >= 0.3 is 0 Å². The van der Waals surface area contributed by atoms with Crippen molar-refractivity contribution in [3.8, 4) is 0 Å². The molecule has 1 atom stereocenters. The zero-order valence-corrected chi connectivity index (χ0v) is 14.0. The number of carbonyl (C=O) groups excluding carboxylic acids is 1. The minimum Gasteiger partial charge on any atom is -0.468 e. The molecule has 0 saturated carbocycles. The first kappa shape index (κ1) is 16.7. The molecule has 1 aliphatic rings. The molecule has 2 aromatic rings. The maximum atomic E-state index is 11.8. The number of rotatable bonds is 6. The minimum atomic E-state index is -2.96. The number of sulfone groups is 1. The van der Waals surface area contributed by atoms with Crippen LogP contribution in [0.25, 0.3) is 0 Å². The Labute approximate surface area is 141 Å². The third-order valence-electron chi connectivity index (χ3n) is 4.29. The number of furan rings is 1. The summed E-state index contributed by atoms with van der Waals surface area (Å²) in [5, 5.41) is 0. The molecule has 1 aromatic carbocycles. The van der Waals surface area contributed by atoms with E-state index in [1.54, 1.807) is 18.4 Å². The SMILES string of the molecule is NC(=O)c1ccc(CN(Cc2ccco2)[C@H]2CCS(=O)(=O)C2)cc1. The first-order chi connectivity index (χ1) is 11.4. The number of hydrogen-bond acceptors (Lipinski definition) is 5. The van der Waals surface area contributed by atoms with Crippen molar-refractivity contribution in [1.29, 1.82) is 0 Å². The summed E-state index contributed by atoms with van der Waals surface area (Å²) in [6, 6.07) is 10.7. The lowest BCUT2D eigenvalue weighted by Crippen LogP contribution is -2.35. The number of carbonyl (C=O) groups is 1. The first-order valence-electron chi connectivity index (χ1n) is 7.78. The average molecular weight is 348 g/mol. The molecule has 6 nitrogen and oxygen atoms in total. The van der Waals surface area contributed by atoms with Gasteiger partial charge in [0.2, 0.25) is 5.91 Å². The van der Waals surface area contributed by atoms with E-state index in [0.29, 0.717) is 25.1 Å². The molecule has 1 saturated heterocycles. The van der Waals surface area contributed by atoms with Crippen LogP contribution in [-0.4, -0.2) is 36.8 Å². The fourth-order valence-corrected chi connectivity index (χ4v) is 4.75. The summed E-state index contributed by atoms with van der Waals surface area (Å²) in [4.78, 5) is 13.3. The fourth-order valence-electron chi connectivity index (χ4n) is 2.99. The standard InChI is InChI=1S/C17H20N2O4S/c18-17(20)14-5-3-13(4-6-14)10-19(11-16-2-1-8-23-16)15-7-9-24(21,22)12-15/h1-6,8,15H,7,9-12H2,(H2,18,20)/t15-/m0/s1. The summed E-state index contributed by atoms with van der Waals surface area (Å²) in [5.74, 6) is 0.740. The van der Waals surface area contributed by atoms with Gasteiger partial charge in [-0.05, 0) is 36.2 Å². The monoisotopic (exact) mass is 348 g/mol. The summed E-state index contributed by atoms with van der Waals surface area (Å²) >= 11 is 0. The highest BCUT2D eigenvalue weighted by molar-refractivity contribution is 7.91. The third kappa shape index (κ3) is 4.04. The second-order valence-corrected chi connectivity index (χ2v) is 8.33. The lowest BCUT2D eigenvalue weighted by atomic mass is 10.1. The summed E-state index contributed by atoms with van der Waals surface area (Å²) in [7, 11) is -2.96. The number of amides is 1. The van der Waals surface area contributed by atoms with Gasteiger partial charge in [-0.25, -0.2) is 8.42 Å². The molecule has 1 aromatic heterocycles. The highest BCUT2D eigenvalue weighted by Gasteiger charge is 2.32. The van der Waals surface area contributed by atoms with Crippen molar-refractivity contribution in [3.63, 3.8) is 0 Å². The van der Waals surface area contributed by atoms with Gasteiger partial charge in [0.05, 0.1) is 24.3 Å². The van der Waals surface area contributed by atoms with Crippen LogP contribution in [0.5, 0.6) is 0 Å². The normalized spacial score (nSPS) is 19.6. The summed E-state index contributed by atoms with van der Waals surface area (Å²) < 4.78 is 29.0. The largest absolute Gasteiger partial charge is 0.468 e. The van der Waals surface area contributed by atoms with Gasteiger partial charge in [-0.2, -0.15) is 0 Å². The second kappa shape index (κ2) is 6.78. The zero-order valence-electron chi connectivity index (χ0n) is 13.2. The van der Waals surface area contributed by atoms with Crippen LogP contribution in [0, 0.1) is 0 Å². The first-order valence-corrected chi connectivity index (χ1v) is 9.61. The van der Waals surface area contributed by atoms with Crippen molar-refractivity contribution in [2.45, 2.75) is 25.6 Å². The predicted octanol–water partition coefficient (Wildman–Crippen LogP) is 1.57. The van der Waals surface area contributed by atoms with E-state index in [-0.39, 0.29) is 17.5 Å². The zero-order chi connectivity index (χ0) is 17.2. The third-order valence-corrected chi connectivity index (χ3v) is 6.04. The molecular weight excluding hydrogens is 328 g/mol. The van der Waals surface area contributed by atoms with Gasteiger partial charge < -0.3 is 10.2 Å². The Kier molecular flexibility index (Phi) is 4.73. The van der Waals surface area contributed by atoms with Crippen molar-refractivity contribution in [3.05, 3.63) is 59.5 Å². The molecule has 128 valence electrons. The fraction of sp³-hybridized carbons (Fsp3) is 0.353. The molecule has 0 unspecified atom stereocenters. The van der Waals surface area contributed by atoms with E-state index in [1.807, 2.05) is 24.3 Å². The van der Waals surface area contributed by atoms with Crippen molar-refractivity contribution in [2.24, 2.45) is 5.73 Å². The lowest BCUT2D eigenvalue weighted by molar-refractivity contribution is 0.1000. The summed E-state index contributed by atoms with van der Waals surface area (Å²) in [5.41, 5.74) is 6.71. The minimum absolute atomic E-state index is 0.0316. The smallest absolute Gasteiger partial charge is 0.248 e. The predicted molar refractivity (Wildman–Crippen MR) is 90.0 cm³/mol. The van der Waals surface area contributed by atoms with Crippen LogP contribution in [0.1, 0.15) is 28.1 Å². The van der Waals surface area contributed by atoms with Gasteiger partial charge in [-0.1, -0.05) is 12.1 Å². The summed E-state index contributed by atoms with van der Waals surface area (Å²) in [6.45, 7) is 1.13. The molecule has 1 fully saturated rings. The Morgan fingerprint density at radius 1 is 1.21 bits per heavy atom. The molecule has 0 radical (unpaired) electrons. The van der Waals surface area contributed by atoms with Crippen LogP contribution in [0.15, 0.2) is 47.1 Å². The number of benzene rings is 1. The van der Waals surface area contributed by atoms with E-state index >= 15 is 0 Å². The van der Waals surface area contributed by atoms with Crippen LogP contribution >= 0.6 is 0 Å². The molecular formula is C17H20N2O4S. The highest BCUT2D eigenvalue weighted by Crippen LogP contribution is 2.22. The van der Waals surface area contributed by atoms with E-state index in [2.05, 4.69) is 4.90 Å². The molecule has 0 bridgehead atoms. The molecule has 24 heavy (non-hydrogen) atoms. The Morgan fingerprint density at radius 3 is 2.50 bits per heavy atom. The number of primary amides is 1.